The molecule has 0 aliphatic heterocycles. The highest BCUT2D eigenvalue weighted by molar-refractivity contribution is 7.86. The van der Waals surface area contributed by atoms with Crippen LogP contribution in [0.15, 0.2) is 83.8 Å². The molecular formula is C22H22O5S. The average molecular weight is 398 g/mol. The Kier molecular flexibility index (Phi) is 6.68. The highest BCUT2D eigenvalue weighted by Crippen LogP contribution is 2.23. The van der Waals surface area contributed by atoms with E-state index in [-0.39, 0.29) is 11.5 Å². The lowest BCUT2D eigenvalue weighted by Crippen LogP contribution is -2.10. The highest BCUT2D eigenvalue weighted by Gasteiger charge is 2.14. The van der Waals surface area contributed by atoms with Crippen molar-refractivity contribution in [3.63, 3.8) is 0 Å². The fraction of sp³-hybridized carbons (Fsp3) is 0.182. The van der Waals surface area contributed by atoms with E-state index < -0.39 is 10.1 Å². The Morgan fingerprint density at radius 1 is 0.714 bits per heavy atom. The van der Waals surface area contributed by atoms with Gasteiger partial charge in [0.2, 0.25) is 0 Å². The molecule has 0 N–H and O–H groups in total. The Balaban J connectivity index is 1.41. The maximum Gasteiger partial charge on any atom is 0.296 e. The average Bonchev–Trinajstić information content (AvgIpc) is 2.70. The molecule has 0 aliphatic rings. The first kappa shape index (κ1) is 19.9. The lowest BCUT2D eigenvalue weighted by atomic mass is 10.2. The summed E-state index contributed by atoms with van der Waals surface area (Å²) in [6.07, 6.45) is 0.452. The van der Waals surface area contributed by atoms with Crippen LogP contribution in [-0.4, -0.2) is 21.6 Å². The summed E-state index contributed by atoms with van der Waals surface area (Å²) in [6, 6.07) is 23.3. The van der Waals surface area contributed by atoms with Gasteiger partial charge in [-0.05, 0) is 55.5 Å². The summed E-state index contributed by atoms with van der Waals surface area (Å²) in [5.74, 6) is 2.16. The highest BCUT2D eigenvalue weighted by atomic mass is 32.2. The van der Waals surface area contributed by atoms with Crippen molar-refractivity contribution < 1.29 is 22.1 Å². The molecule has 0 heterocycles. The van der Waals surface area contributed by atoms with Gasteiger partial charge in [0.15, 0.2) is 0 Å². The van der Waals surface area contributed by atoms with Gasteiger partial charge in [0.1, 0.15) is 17.2 Å². The molecule has 0 saturated heterocycles. The van der Waals surface area contributed by atoms with Crippen LogP contribution in [0, 0.1) is 6.92 Å². The standard InChI is InChI=1S/C22H22O5S/c1-18-8-14-22(15-9-18)28(23,24)26-17-5-16-25-19-10-12-21(13-11-19)27-20-6-3-2-4-7-20/h2-4,6-15H,5,16-17H2,1H3. The summed E-state index contributed by atoms with van der Waals surface area (Å²) in [6.45, 7) is 2.31. The lowest BCUT2D eigenvalue weighted by molar-refractivity contribution is 0.250. The van der Waals surface area contributed by atoms with Crippen LogP contribution in [0.25, 0.3) is 0 Å². The van der Waals surface area contributed by atoms with E-state index in [9.17, 15) is 8.42 Å². The Bertz CT molecular complexity index is 966. The van der Waals surface area contributed by atoms with Gasteiger partial charge in [-0.2, -0.15) is 8.42 Å². The van der Waals surface area contributed by atoms with Gasteiger partial charge in [-0.15, -0.1) is 0 Å². The SMILES string of the molecule is Cc1ccc(S(=O)(=O)OCCCOc2ccc(Oc3ccccc3)cc2)cc1. The summed E-state index contributed by atoms with van der Waals surface area (Å²) >= 11 is 0. The van der Waals surface area contributed by atoms with Crippen molar-refractivity contribution in [2.45, 2.75) is 18.2 Å². The number of ether oxygens (including phenoxy) is 2. The molecule has 28 heavy (non-hydrogen) atoms. The third-order valence-corrected chi connectivity index (χ3v) is 5.23. The molecule has 0 unspecified atom stereocenters. The Labute approximate surface area is 165 Å². The predicted octanol–water partition coefficient (Wildman–Crippen LogP) is 4.96. The van der Waals surface area contributed by atoms with Crippen LogP contribution in [0.5, 0.6) is 17.2 Å². The number of aryl methyl sites for hydroxylation is 1. The molecule has 0 saturated carbocycles. The molecule has 3 rings (SSSR count). The van der Waals surface area contributed by atoms with Crippen molar-refractivity contribution in [1.82, 2.24) is 0 Å². The normalized spacial score (nSPS) is 11.2. The second kappa shape index (κ2) is 9.39. The van der Waals surface area contributed by atoms with E-state index in [2.05, 4.69) is 0 Å². The fourth-order valence-corrected chi connectivity index (χ4v) is 3.36. The van der Waals surface area contributed by atoms with Crippen molar-refractivity contribution in [2.75, 3.05) is 13.2 Å². The molecule has 3 aromatic rings. The van der Waals surface area contributed by atoms with Gasteiger partial charge >= 0.3 is 0 Å². The Hall–Kier alpha value is -2.83. The third kappa shape index (κ3) is 5.84. The summed E-state index contributed by atoms with van der Waals surface area (Å²) in [7, 11) is -3.73. The van der Waals surface area contributed by atoms with Crippen molar-refractivity contribution in [3.8, 4) is 17.2 Å². The largest absolute Gasteiger partial charge is 0.494 e. The van der Waals surface area contributed by atoms with Gasteiger partial charge in [-0.1, -0.05) is 35.9 Å². The van der Waals surface area contributed by atoms with Gasteiger partial charge < -0.3 is 9.47 Å². The molecule has 0 atom stereocenters. The predicted molar refractivity (Wildman–Crippen MR) is 107 cm³/mol. The van der Waals surface area contributed by atoms with Crippen LogP contribution < -0.4 is 9.47 Å². The molecule has 5 nitrogen and oxygen atoms in total. The molecule has 0 aliphatic carbocycles. The number of para-hydroxylation sites is 1. The van der Waals surface area contributed by atoms with Crippen LogP contribution in [-0.2, 0) is 14.3 Å². The zero-order valence-corrected chi connectivity index (χ0v) is 16.4. The summed E-state index contributed by atoms with van der Waals surface area (Å²) in [5, 5.41) is 0. The molecule has 0 amide bonds. The van der Waals surface area contributed by atoms with Crippen LogP contribution in [0.2, 0.25) is 0 Å². The zero-order chi connectivity index (χ0) is 19.8. The minimum absolute atomic E-state index is 0.0609. The Morgan fingerprint density at radius 2 is 1.32 bits per heavy atom. The van der Waals surface area contributed by atoms with Crippen LogP contribution in [0.3, 0.4) is 0 Å². The molecule has 6 heteroatoms. The summed E-state index contributed by atoms with van der Waals surface area (Å²) < 4.78 is 40.6. The number of benzene rings is 3. The van der Waals surface area contributed by atoms with Crippen LogP contribution in [0.4, 0.5) is 0 Å². The molecule has 0 aromatic heterocycles. The van der Waals surface area contributed by atoms with Crippen molar-refractivity contribution in [3.05, 3.63) is 84.4 Å². The van der Waals surface area contributed by atoms with Crippen LogP contribution >= 0.6 is 0 Å². The van der Waals surface area contributed by atoms with Crippen LogP contribution in [0.1, 0.15) is 12.0 Å². The van der Waals surface area contributed by atoms with Gasteiger partial charge in [0.05, 0.1) is 18.1 Å². The molecule has 3 aromatic carbocycles. The van der Waals surface area contributed by atoms with Crippen molar-refractivity contribution in [2.24, 2.45) is 0 Å². The summed E-state index contributed by atoms with van der Waals surface area (Å²) in [4.78, 5) is 0.160. The first-order chi connectivity index (χ1) is 13.5. The molecule has 146 valence electrons. The van der Waals surface area contributed by atoms with Gasteiger partial charge in [0, 0.05) is 6.42 Å². The van der Waals surface area contributed by atoms with Gasteiger partial charge in [-0.25, -0.2) is 0 Å². The molecule has 0 radical (unpaired) electrons. The summed E-state index contributed by atoms with van der Waals surface area (Å²) in [5.41, 5.74) is 0.993. The number of hydrogen-bond acceptors (Lipinski definition) is 5. The molecule has 0 fully saturated rings. The molecular weight excluding hydrogens is 376 g/mol. The van der Waals surface area contributed by atoms with E-state index in [0.717, 1.165) is 11.3 Å². The second-order valence-corrected chi connectivity index (χ2v) is 7.79. The van der Waals surface area contributed by atoms with E-state index in [1.54, 1.807) is 24.3 Å². The Morgan fingerprint density at radius 3 is 2.00 bits per heavy atom. The monoisotopic (exact) mass is 398 g/mol. The van der Waals surface area contributed by atoms with E-state index >= 15 is 0 Å². The van der Waals surface area contributed by atoms with E-state index in [1.807, 2.05) is 61.5 Å². The van der Waals surface area contributed by atoms with E-state index in [0.29, 0.717) is 24.5 Å². The quantitative estimate of drug-likeness (QED) is 0.376. The molecule has 0 spiro atoms. The zero-order valence-electron chi connectivity index (χ0n) is 15.6. The van der Waals surface area contributed by atoms with E-state index in [4.69, 9.17) is 13.7 Å². The van der Waals surface area contributed by atoms with Gasteiger partial charge in [0.25, 0.3) is 10.1 Å². The number of hydrogen-bond donors (Lipinski definition) is 0. The smallest absolute Gasteiger partial charge is 0.296 e. The van der Waals surface area contributed by atoms with Crippen molar-refractivity contribution in [1.29, 1.82) is 0 Å². The topological polar surface area (TPSA) is 61.8 Å². The molecule has 0 bridgehead atoms. The van der Waals surface area contributed by atoms with Crippen molar-refractivity contribution >= 4 is 10.1 Å². The second-order valence-electron chi connectivity index (χ2n) is 6.18. The van der Waals surface area contributed by atoms with E-state index in [1.165, 1.54) is 0 Å². The minimum Gasteiger partial charge on any atom is -0.494 e. The number of rotatable bonds is 9. The maximum absolute atomic E-state index is 12.1. The van der Waals surface area contributed by atoms with Gasteiger partial charge in [-0.3, -0.25) is 4.18 Å². The first-order valence-corrected chi connectivity index (χ1v) is 10.4. The first-order valence-electron chi connectivity index (χ1n) is 8.95. The third-order valence-electron chi connectivity index (χ3n) is 3.91. The lowest BCUT2D eigenvalue weighted by Gasteiger charge is -2.09. The minimum atomic E-state index is -3.73. The fourth-order valence-electron chi connectivity index (χ4n) is 2.42. The maximum atomic E-state index is 12.1.